The number of allylic oxidation sites excluding steroid dienone is 9. The molecule has 29 heavy (non-hydrogen) atoms. The Hall–Kier alpha value is -1.52. The predicted molar refractivity (Wildman–Crippen MR) is 135 cm³/mol. The second-order valence-corrected chi connectivity index (χ2v) is 10.7. The molecular weight excluding hydrogens is 367 g/mol. The molecule has 0 spiro atoms. The predicted octanol–water partition coefficient (Wildman–Crippen LogP) is 8.99. The number of aryl methyl sites for hydroxylation is 2. The molecular formula is C28H41P. The summed E-state index contributed by atoms with van der Waals surface area (Å²) in [6.07, 6.45) is 15.3. The summed E-state index contributed by atoms with van der Waals surface area (Å²) < 4.78 is 0. The van der Waals surface area contributed by atoms with Gasteiger partial charge in [-0.2, -0.15) is 0 Å². The third-order valence-electron chi connectivity index (χ3n) is 6.25. The molecule has 3 atom stereocenters. The fourth-order valence-electron chi connectivity index (χ4n) is 4.46. The van der Waals surface area contributed by atoms with Crippen molar-refractivity contribution in [2.75, 3.05) is 0 Å². The standard InChI is InChI=1S/C28H41P/c1-10-24(28-22(8)27(11-2)29-23(28)9)17-20(6)21(7)26(16-18(3)4)25-14-12-19(5)13-15-25/h10,12,14-15,17-19,26,29H,7,11,13,16H2,1-6,8-9H3/b20-17-,24-10+. The van der Waals surface area contributed by atoms with Gasteiger partial charge in [-0.15, -0.1) is 8.19 Å². The third kappa shape index (κ3) is 5.76. The summed E-state index contributed by atoms with van der Waals surface area (Å²) >= 11 is 0. The van der Waals surface area contributed by atoms with Crippen molar-refractivity contribution < 1.29 is 0 Å². The van der Waals surface area contributed by atoms with Gasteiger partial charge in [-0.05, 0) is 103 Å². The summed E-state index contributed by atoms with van der Waals surface area (Å²) in [5.74, 6) is 1.72. The Bertz CT molecular complexity index is 851. The van der Waals surface area contributed by atoms with Gasteiger partial charge in [0.25, 0.3) is 0 Å². The maximum Gasteiger partial charge on any atom is 0.00852 e. The first kappa shape index (κ1) is 23.8. The summed E-state index contributed by atoms with van der Waals surface area (Å²) in [5.41, 5.74) is 8.38. The fraction of sp³-hybridized carbons (Fsp3) is 0.500. The Balaban J connectivity index is 2.37. The molecule has 1 aliphatic rings. The smallest absolute Gasteiger partial charge is 0.00852 e. The molecule has 1 heterocycles. The monoisotopic (exact) mass is 408 g/mol. The molecule has 0 fully saturated rings. The zero-order valence-electron chi connectivity index (χ0n) is 19.9. The van der Waals surface area contributed by atoms with Crippen LogP contribution in [0, 0.1) is 31.6 Å². The van der Waals surface area contributed by atoms with Crippen molar-refractivity contribution in [1.82, 2.24) is 0 Å². The van der Waals surface area contributed by atoms with E-state index in [0.717, 1.165) is 27.5 Å². The number of hydrogen-bond donors (Lipinski definition) is 0. The average molecular weight is 409 g/mol. The van der Waals surface area contributed by atoms with Crippen LogP contribution in [0.1, 0.15) is 76.1 Å². The SMILES string of the molecule is C=C(/C(C)=C\C(=C/C)c1c(C)[pH]c(CC)c1C)C(CC(C)C)C1=CCC(C)C=C1. The molecule has 0 aliphatic heterocycles. The molecule has 0 saturated carbocycles. The first-order valence-corrected chi connectivity index (χ1v) is 12.3. The second-order valence-electron chi connectivity index (χ2n) is 9.14. The Kier molecular flexibility index (Phi) is 8.59. The Labute approximate surface area is 181 Å². The highest BCUT2D eigenvalue weighted by Crippen LogP contribution is 2.39. The van der Waals surface area contributed by atoms with E-state index in [1.165, 1.54) is 38.7 Å². The Morgan fingerprint density at radius 3 is 2.48 bits per heavy atom. The van der Waals surface area contributed by atoms with E-state index in [1.54, 1.807) is 5.30 Å². The van der Waals surface area contributed by atoms with Crippen LogP contribution >= 0.6 is 8.19 Å². The highest BCUT2D eigenvalue weighted by Gasteiger charge is 2.21. The van der Waals surface area contributed by atoms with Gasteiger partial charge in [-0.25, -0.2) is 0 Å². The summed E-state index contributed by atoms with van der Waals surface area (Å²) in [4.78, 5) is 0. The highest BCUT2D eigenvalue weighted by atomic mass is 31.0. The van der Waals surface area contributed by atoms with Gasteiger partial charge in [0, 0.05) is 5.92 Å². The number of hydrogen-bond acceptors (Lipinski definition) is 0. The lowest BCUT2D eigenvalue weighted by Gasteiger charge is -2.26. The normalized spacial score (nSPS) is 19.2. The largest absolute Gasteiger partial charge is 0.133 e. The van der Waals surface area contributed by atoms with Gasteiger partial charge in [0.15, 0.2) is 0 Å². The van der Waals surface area contributed by atoms with Crippen LogP contribution in [0.5, 0.6) is 0 Å². The van der Waals surface area contributed by atoms with Crippen molar-refractivity contribution in [3.63, 3.8) is 0 Å². The lowest BCUT2D eigenvalue weighted by atomic mass is 9.79. The van der Waals surface area contributed by atoms with Gasteiger partial charge < -0.3 is 0 Å². The van der Waals surface area contributed by atoms with Crippen molar-refractivity contribution in [2.45, 2.75) is 74.7 Å². The van der Waals surface area contributed by atoms with Gasteiger partial charge >= 0.3 is 0 Å². The first-order chi connectivity index (χ1) is 13.7. The number of rotatable bonds is 8. The third-order valence-corrected chi connectivity index (χ3v) is 7.90. The van der Waals surface area contributed by atoms with Crippen LogP contribution in [0.4, 0.5) is 0 Å². The van der Waals surface area contributed by atoms with E-state index in [9.17, 15) is 0 Å². The van der Waals surface area contributed by atoms with E-state index in [4.69, 9.17) is 0 Å². The van der Waals surface area contributed by atoms with Crippen LogP contribution in [0.3, 0.4) is 0 Å². The zero-order chi connectivity index (χ0) is 21.7. The summed E-state index contributed by atoms with van der Waals surface area (Å²) in [6, 6.07) is 0. The molecule has 3 unspecified atom stereocenters. The molecule has 1 aromatic heterocycles. The van der Waals surface area contributed by atoms with Gasteiger partial charge in [-0.3, -0.25) is 0 Å². The molecule has 1 aliphatic carbocycles. The quantitative estimate of drug-likeness (QED) is 0.376. The molecule has 158 valence electrons. The van der Waals surface area contributed by atoms with Crippen LogP contribution < -0.4 is 0 Å². The van der Waals surface area contributed by atoms with E-state index < -0.39 is 0 Å². The minimum atomic E-state index is 0.413. The lowest BCUT2D eigenvalue weighted by molar-refractivity contribution is 0.506. The molecule has 0 aromatic carbocycles. The molecule has 1 aromatic rings. The van der Waals surface area contributed by atoms with E-state index in [0.29, 0.717) is 17.8 Å². The van der Waals surface area contributed by atoms with Crippen LogP contribution in [0.25, 0.3) is 5.57 Å². The molecule has 0 amide bonds. The van der Waals surface area contributed by atoms with Gasteiger partial charge in [-0.1, -0.05) is 64.7 Å². The Morgan fingerprint density at radius 1 is 1.31 bits per heavy atom. The van der Waals surface area contributed by atoms with Crippen LogP contribution in [-0.4, -0.2) is 0 Å². The van der Waals surface area contributed by atoms with Gasteiger partial charge in [0.05, 0.1) is 0 Å². The average Bonchev–Trinajstić information content (AvgIpc) is 2.97. The van der Waals surface area contributed by atoms with Crippen molar-refractivity contribution in [3.8, 4) is 0 Å². The van der Waals surface area contributed by atoms with Crippen molar-refractivity contribution >= 4 is 13.8 Å². The first-order valence-electron chi connectivity index (χ1n) is 11.3. The highest BCUT2D eigenvalue weighted by molar-refractivity contribution is 7.32. The minimum Gasteiger partial charge on any atom is -0.133 e. The molecule has 2 rings (SSSR count). The summed E-state index contributed by atoms with van der Waals surface area (Å²) in [5, 5.41) is 3.15. The second kappa shape index (κ2) is 10.5. The van der Waals surface area contributed by atoms with Gasteiger partial charge in [0.1, 0.15) is 0 Å². The molecule has 0 radical (unpaired) electrons. The molecule has 0 nitrogen and oxygen atoms in total. The minimum absolute atomic E-state index is 0.413. The zero-order valence-corrected chi connectivity index (χ0v) is 20.9. The fourth-order valence-corrected chi connectivity index (χ4v) is 5.85. The van der Waals surface area contributed by atoms with E-state index >= 15 is 0 Å². The maximum atomic E-state index is 4.59. The van der Waals surface area contributed by atoms with Crippen molar-refractivity contribution in [1.29, 1.82) is 0 Å². The molecule has 0 N–H and O–H groups in total. The van der Waals surface area contributed by atoms with E-state index in [2.05, 4.69) is 92.3 Å². The molecule has 0 saturated heterocycles. The maximum absolute atomic E-state index is 4.59. The topological polar surface area (TPSA) is 0 Å². The molecule has 0 bridgehead atoms. The van der Waals surface area contributed by atoms with E-state index in [1.807, 2.05) is 0 Å². The van der Waals surface area contributed by atoms with Crippen LogP contribution in [-0.2, 0) is 6.42 Å². The summed E-state index contributed by atoms with van der Waals surface area (Å²) in [6.45, 7) is 22.8. The molecule has 1 heteroatoms. The lowest BCUT2D eigenvalue weighted by Crippen LogP contribution is -2.12. The van der Waals surface area contributed by atoms with Crippen molar-refractivity contribution in [2.24, 2.45) is 17.8 Å². The van der Waals surface area contributed by atoms with Crippen LogP contribution in [0.15, 0.2) is 53.7 Å². The Morgan fingerprint density at radius 2 is 2.00 bits per heavy atom. The summed E-state index contributed by atoms with van der Waals surface area (Å²) in [7, 11) is 0.862. The van der Waals surface area contributed by atoms with Gasteiger partial charge in [0.2, 0.25) is 0 Å². The van der Waals surface area contributed by atoms with Crippen LogP contribution in [0.2, 0.25) is 0 Å². The van der Waals surface area contributed by atoms with E-state index in [-0.39, 0.29) is 0 Å². The van der Waals surface area contributed by atoms with Crippen molar-refractivity contribution in [3.05, 3.63) is 75.4 Å².